The van der Waals surface area contributed by atoms with Gasteiger partial charge in [0.25, 0.3) is 0 Å². The lowest BCUT2D eigenvalue weighted by atomic mass is 9.84. The van der Waals surface area contributed by atoms with Crippen LogP contribution in [0, 0.1) is 11.3 Å². The summed E-state index contributed by atoms with van der Waals surface area (Å²) in [5.74, 6) is 0.348. The standard InChI is InChI=1S/C14H26O3.2C2H6/c1-3-12(4-2)10-17-13(16)9-14(11-15)7-5-6-8-14;2*1-2/h12,15H,3-11H2,1-2H3;2*1-2H3. The van der Waals surface area contributed by atoms with Crippen molar-refractivity contribution in [1.82, 2.24) is 0 Å². The van der Waals surface area contributed by atoms with Gasteiger partial charge in [0, 0.05) is 12.0 Å². The molecule has 0 aromatic rings. The normalized spacial score (nSPS) is 15.6. The lowest BCUT2D eigenvalue weighted by molar-refractivity contribution is -0.148. The molecule has 0 radical (unpaired) electrons. The highest BCUT2D eigenvalue weighted by Gasteiger charge is 2.35. The number of aliphatic hydroxyl groups is 1. The van der Waals surface area contributed by atoms with Gasteiger partial charge in [-0.1, -0.05) is 67.2 Å². The molecule has 21 heavy (non-hydrogen) atoms. The monoisotopic (exact) mass is 302 g/mol. The summed E-state index contributed by atoms with van der Waals surface area (Å²) >= 11 is 0. The smallest absolute Gasteiger partial charge is 0.306 e. The fourth-order valence-electron chi connectivity index (χ4n) is 2.61. The molecule has 0 heterocycles. The van der Waals surface area contributed by atoms with Crippen LogP contribution in [0.4, 0.5) is 0 Å². The van der Waals surface area contributed by atoms with Crippen LogP contribution in [-0.2, 0) is 9.53 Å². The summed E-state index contributed by atoms with van der Waals surface area (Å²) < 4.78 is 5.32. The first-order valence-electron chi connectivity index (χ1n) is 8.92. The van der Waals surface area contributed by atoms with Gasteiger partial charge in [0.1, 0.15) is 0 Å². The van der Waals surface area contributed by atoms with Crippen molar-refractivity contribution >= 4 is 5.97 Å². The Morgan fingerprint density at radius 1 is 1.10 bits per heavy atom. The van der Waals surface area contributed by atoms with Gasteiger partial charge in [-0.05, 0) is 18.8 Å². The topological polar surface area (TPSA) is 46.5 Å². The second-order valence-electron chi connectivity index (χ2n) is 5.41. The van der Waals surface area contributed by atoms with Crippen LogP contribution in [0.5, 0.6) is 0 Å². The minimum absolute atomic E-state index is 0.118. The van der Waals surface area contributed by atoms with Crippen molar-refractivity contribution in [3.8, 4) is 0 Å². The Morgan fingerprint density at radius 2 is 1.57 bits per heavy atom. The molecular weight excluding hydrogens is 264 g/mol. The number of carbonyl (C=O) groups is 1. The zero-order valence-electron chi connectivity index (χ0n) is 15.2. The molecule has 0 atom stereocenters. The van der Waals surface area contributed by atoms with Gasteiger partial charge in [-0.2, -0.15) is 0 Å². The number of aliphatic hydroxyl groups excluding tert-OH is 1. The lowest BCUT2D eigenvalue weighted by Crippen LogP contribution is -2.27. The predicted octanol–water partition coefficient (Wildman–Crippen LogP) is 4.96. The van der Waals surface area contributed by atoms with E-state index < -0.39 is 0 Å². The van der Waals surface area contributed by atoms with Gasteiger partial charge in [-0.3, -0.25) is 4.79 Å². The highest BCUT2D eigenvalue weighted by atomic mass is 16.5. The van der Waals surface area contributed by atoms with Crippen LogP contribution in [-0.4, -0.2) is 24.3 Å². The molecule has 0 spiro atoms. The van der Waals surface area contributed by atoms with Crippen LogP contribution < -0.4 is 0 Å². The first-order chi connectivity index (χ1) is 10.2. The second kappa shape index (κ2) is 14.4. The average molecular weight is 302 g/mol. The van der Waals surface area contributed by atoms with E-state index >= 15 is 0 Å². The van der Waals surface area contributed by atoms with Crippen LogP contribution >= 0.6 is 0 Å². The maximum absolute atomic E-state index is 11.8. The molecule has 1 aliphatic carbocycles. The van der Waals surface area contributed by atoms with Crippen molar-refractivity contribution in [1.29, 1.82) is 0 Å². The molecule has 128 valence electrons. The maximum Gasteiger partial charge on any atom is 0.306 e. The van der Waals surface area contributed by atoms with E-state index in [4.69, 9.17) is 4.74 Å². The van der Waals surface area contributed by atoms with Gasteiger partial charge in [-0.25, -0.2) is 0 Å². The largest absolute Gasteiger partial charge is 0.465 e. The summed E-state index contributed by atoms with van der Waals surface area (Å²) in [4.78, 5) is 11.8. The Balaban J connectivity index is 0. The predicted molar refractivity (Wildman–Crippen MR) is 90.3 cm³/mol. The molecular formula is C18H38O3. The number of carbonyl (C=O) groups excluding carboxylic acids is 1. The summed E-state index contributed by atoms with van der Waals surface area (Å²) in [6, 6.07) is 0. The molecule has 0 amide bonds. The highest BCUT2D eigenvalue weighted by molar-refractivity contribution is 5.70. The number of esters is 1. The van der Waals surface area contributed by atoms with Gasteiger partial charge >= 0.3 is 5.97 Å². The summed E-state index contributed by atoms with van der Waals surface area (Å²) in [6.45, 7) is 12.9. The minimum Gasteiger partial charge on any atom is -0.465 e. The van der Waals surface area contributed by atoms with E-state index in [0.717, 1.165) is 38.5 Å². The van der Waals surface area contributed by atoms with Crippen LogP contribution in [0.1, 0.15) is 86.5 Å². The number of ether oxygens (including phenoxy) is 1. The van der Waals surface area contributed by atoms with E-state index in [0.29, 0.717) is 18.9 Å². The average Bonchev–Trinajstić information content (AvgIpc) is 3.01. The van der Waals surface area contributed by atoms with Crippen LogP contribution in [0.3, 0.4) is 0 Å². The van der Waals surface area contributed by atoms with Gasteiger partial charge in [-0.15, -0.1) is 0 Å². The van der Waals surface area contributed by atoms with Crippen molar-refractivity contribution in [3.05, 3.63) is 0 Å². The van der Waals surface area contributed by atoms with Crippen LogP contribution in [0.2, 0.25) is 0 Å². The lowest BCUT2D eigenvalue weighted by Gasteiger charge is -2.25. The summed E-state index contributed by atoms with van der Waals surface area (Å²) in [6.07, 6.45) is 6.67. The molecule has 1 N–H and O–H groups in total. The first-order valence-corrected chi connectivity index (χ1v) is 8.92. The van der Waals surface area contributed by atoms with E-state index in [2.05, 4.69) is 13.8 Å². The molecule has 0 saturated heterocycles. The first kappa shape index (κ1) is 22.7. The maximum atomic E-state index is 11.8. The van der Waals surface area contributed by atoms with Gasteiger partial charge < -0.3 is 9.84 Å². The number of hydrogen-bond donors (Lipinski definition) is 1. The summed E-state index contributed by atoms with van der Waals surface area (Å²) in [5, 5.41) is 9.43. The van der Waals surface area contributed by atoms with Crippen molar-refractivity contribution in [3.63, 3.8) is 0 Å². The Morgan fingerprint density at radius 3 is 1.95 bits per heavy atom. The van der Waals surface area contributed by atoms with Gasteiger partial charge in [0.2, 0.25) is 0 Å². The van der Waals surface area contributed by atoms with Crippen LogP contribution in [0.25, 0.3) is 0 Å². The van der Waals surface area contributed by atoms with Crippen LogP contribution in [0.15, 0.2) is 0 Å². The second-order valence-corrected chi connectivity index (χ2v) is 5.41. The molecule has 0 unspecified atom stereocenters. The zero-order chi connectivity index (χ0) is 16.7. The molecule has 1 aliphatic rings. The van der Waals surface area contributed by atoms with E-state index in [1.54, 1.807) is 0 Å². The third-order valence-corrected chi connectivity index (χ3v) is 4.15. The molecule has 0 aliphatic heterocycles. The number of hydrogen-bond acceptors (Lipinski definition) is 3. The third-order valence-electron chi connectivity index (χ3n) is 4.15. The highest BCUT2D eigenvalue weighted by Crippen LogP contribution is 2.40. The quantitative estimate of drug-likeness (QED) is 0.676. The minimum atomic E-state index is -0.176. The molecule has 0 bridgehead atoms. The summed E-state index contributed by atoms with van der Waals surface area (Å²) in [5.41, 5.74) is -0.176. The molecule has 0 aromatic heterocycles. The van der Waals surface area contributed by atoms with Gasteiger partial charge in [0.05, 0.1) is 13.0 Å². The Labute approximate surface area is 132 Å². The number of rotatable bonds is 7. The molecule has 1 saturated carbocycles. The summed E-state index contributed by atoms with van der Waals surface area (Å²) in [7, 11) is 0. The van der Waals surface area contributed by atoms with Crippen molar-refractivity contribution < 1.29 is 14.6 Å². The van der Waals surface area contributed by atoms with Gasteiger partial charge in [0.15, 0.2) is 0 Å². The van der Waals surface area contributed by atoms with E-state index in [1.165, 1.54) is 0 Å². The third kappa shape index (κ3) is 9.13. The van der Waals surface area contributed by atoms with Crippen molar-refractivity contribution in [2.24, 2.45) is 11.3 Å². The van der Waals surface area contributed by atoms with E-state index in [-0.39, 0.29) is 18.0 Å². The zero-order valence-corrected chi connectivity index (χ0v) is 15.2. The molecule has 1 rings (SSSR count). The SMILES string of the molecule is CC.CC.CCC(CC)COC(=O)CC1(CO)CCCC1. The van der Waals surface area contributed by atoms with E-state index in [9.17, 15) is 9.90 Å². The fraction of sp³-hybridized carbons (Fsp3) is 0.944. The fourth-order valence-corrected chi connectivity index (χ4v) is 2.61. The Kier molecular flexibility index (Phi) is 15.5. The molecule has 3 heteroatoms. The molecule has 3 nitrogen and oxygen atoms in total. The van der Waals surface area contributed by atoms with E-state index in [1.807, 2.05) is 27.7 Å². The van der Waals surface area contributed by atoms with Crippen molar-refractivity contribution in [2.75, 3.05) is 13.2 Å². The molecule has 0 aromatic carbocycles. The molecule has 1 fully saturated rings. The Bertz CT molecular complexity index is 229. The Hall–Kier alpha value is -0.570. The van der Waals surface area contributed by atoms with Crippen molar-refractivity contribution in [2.45, 2.75) is 86.5 Å².